The van der Waals surface area contributed by atoms with Crippen molar-refractivity contribution in [3.8, 4) is 11.5 Å². The van der Waals surface area contributed by atoms with Crippen molar-refractivity contribution in [3.63, 3.8) is 0 Å². The molecular weight excluding hydrogens is 474 g/mol. The molecule has 2 aliphatic rings. The van der Waals surface area contributed by atoms with E-state index in [1.54, 1.807) is 38.5 Å². The van der Waals surface area contributed by atoms with Crippen LogP contribution in [0, 0.1) is 19.8 Å². The van der Waals surface area contributed by atoms with Gasteiger partial charge in [-0.05, 0) is 51.3 Å². The molecule has 1 unspecified atom stereocenters. The minimum Gasteiger partial charge on any atom is -0.462 e. The lowest BCUT2D eigenvalue weighted by molar-refractivity contribution is -0.126. The van der Waals surface area contributed by atoms with Crippen molar-refractivity contribution in [2.45, 2.75) is 45.1 Å². The molecule has 0 radical (unpaired) electrons. The van der Waals surface area contributed by atoms with Crippen molar-refractivity contribution < 1.29 is 32.2 Å². The summed E-state index contributed by atoms with van der Waals surface area (Å²) in [6.07, 6.45) is 1.12. The molecule has 35 heavy (non-hydrogen) atoms. The highest BCUT2D eigenvalue weighted by Crippen LogP contribution is 2.33. The molecule has 0 spiro atoms. The highest BCUT2D eigenvalue weighted by Gasteiger charge is 2.39. The van der Waals surface area contributed by atoms with Crippen molar-refractivity contribution in [1.82, 2.24) is 14.2 Å². The van der Waals surface area contributed by atoms with Gasteiger partial charge in [-0.15, -0.1) is 0 Å². The number of hydrogen-bond acceptors (Lipinski definition) is 7. The molecule has 1 aromatic heterocycles. The van der Waals surface area contributed by atoms with E-state index in [1.165, 1.54) is 4.31 Å². The first-order valence-electron chi connectivity index (χ1n) is 11.6. The van der Waals surface area contributed by atoms with Crippen LogP contribution in [0.3, 0.4) is 0 Å². The van der Waals surface area contributed by atoms with Crippen molar-refractivity contribution in [1.29, 1.82) is 0 Å². The predicted octanol–water partition coefficient (Wildman–Crippen LogP) is 2.26. The topological polar surface area (TPSA) is 116 Å². The lowest BCUT2D eigenvalue weighted by Crippen LogP contribution is -2.45. The van der Waals surface area contributed by atoms with Crippen molar-refractivity contribution in [2.24, 2.45) is 13.0 Å². The zero-order chi connectivity index (χ0) is 25.3. The number of hydrogen-bond donors (Lipinski definition) is 1. The van der Waals surface area contributed by atoms with E-state index in [4.69, 9.17) is 14.2 Å². The average Bonchev–Trinajstić information content (AvgIpc) is 3.40. The van der Waals surface area contributed by atoms with Gasteiger partial charge in [0.1, 0.15) is 10.5 Å². The number of nitrogens with one attached hydrogen (secondary N) is 1. The molecule has 11 heteroatoms. The van der Waals surface area contributed by atoms with Crippen LogP contribution < -0.4 is 14.8 Å². The van der Waals surface area contributed by atoms with Crippen LogP contribution in [-0.4, -0.2) is 55.7 Å². The molecule has 4 rings (SSSR count). The molecule has 2 aromatic rings. The maximum atomic E-state index is 13.7. The van der Waals surface area contributed by atoms with Crippen LogP contribution in [-0.2, 0) is 33.1 Å². The maximum Gasteiger partial charge on any atom is 0.341 e. The summed E-state index contributed by atoms with van der Waals surface area (Å²) in [4.78, 5) is 25.5. The summed E-state index contributed by atoms with van der Waals surface area (Å²) < 4.78 is 46.2. The van der Waals surface area contributed by atoms with Gasteiger partial charge in [0.2, 0.25) is 22.7 Å². The van der Waals surface area contributed by atoms with Crippen LogP contribution in [0.5, 0.6) is 11.5 Å². The Labute approximate surface area is 205 Å². The largest absolute Gasteiger partial charge is 0.462 e. The van der Waals surface area contributed by atoms with Gasteiger partial charge in [-0.25, -0.2) is 13.2 Å². The lowest BCUT2D eigenvalue weighted by Gasteiger charge is -2.31. The molecule has 10 nitrogen and oxygen atoms in total. The summed E-state index contributed by atoms with van der Waals surface area (Å²) in [5.74, 6) is -0.0698. The third-order valence-electron chi connectivity index (χ3n) is 6.66. The van der Waals surface area contributed by atoms with Crippen LogP contribution in [0.4, 0.5) is 0 Å². The number of ether oxygens (including phenoxy) is 3. The number of esters is 1. The van der Waals surface area contributed by atoms with Gasteiger partial charge in [-0.2, -0.15) is 4.31 Å². The summed E-state index contributed by atoms with van der Waals surface area (Å²) in [6, 6.07) is 5.46. The summed E-state index contributed by atoms with van der Waals surface area (Å²) >= 11 is 0. The fourth-order valence-corrected chi connectivity index (χ4v) is 6.57. The van der Waals surface area contributed by atoms with Crippen LogP contribution >= 0.6 is 0 Å². The van der Waals surface area contributed by atoms with Gasteiger partial charge >= 0.3 is 5.97 Å². The molecule has 2 aliphatic heterocycles. The first-order chi connectivity index (χ1) is 16.6. The van der Waals surface area contributed by atoms with Crippen LogP contribution in [0.15, 0.2) is 23.1 Å². The Morgan fingerprint density at radius 2 is 1.91 bits per heavy atom. The monoisotopic (exact) mass is 505 g/mol. The molecule has 190 valence electrons. The average molecular weight is 506 g/mol. The second-order valence-corrected chi connectivity index (χ2v) is 10.6. The zero-order valence-corrected chi connectivity index (χ0v) is 21.2. The van der Waals surface area contributed by atoms with E-state index in [9.17, 15) is 18.0 Å². The first kappa shape index (κ1) is 25.1. The zero-order valence-electron chi connectivity index (χ0n) is 20.4. The quantitative estimate of drug-likeness (QED) is 0.574. The molecule has 1 fully saturated rings. The number of fused-ring (bicyclic) bond motifs is 1. The van der Waals surface area contributed by atoms with Gasteiger partial charge in [0.05, 0.1) is 12.5 Å². The van der Waals surface area contributed by atoms with E-state index in [0.717, 1.165) is 5.56 Å². The number of aromatic nitrogens is 1. The van der Waals surface area contributed by atoms with Crippen LogP contribution in [0.2, 0.25) is 0 Å². The number of sulfonamides is 1. The molecule has 1 atom stereocenters. The van der Waals surface area contributed by atoms with Gasteiger partial charge in [-0.1, -0.05) is 6.07 Å². The second kappa shape index (κ2) is 9.90. The number of amides is 1. The van der Waals surface area contributed by atoms with Gasteiger partial charge in [-0.3, -0.25) is 4.79 Å². The molecule has 0 bridgehead atoms. The van der Waals surface area contributed by atoms with Crippen LogP contribution in [0.1, 0.15) is 47.1 Å². The van der Waals surface area contributed by atoms with Gasteiger partial charge in [0.25, 0.3) is 0 Å². The third kappa shape index (κ3) is 4.74. The summed E-state index contributed by atoms with van der Waals surface area (Å²) in [5, 5.41) is 2.91. The minimum absolute atomic E-state index is 0.0441. The second-order valence-electron chi connectivity index (χ2n) is 8.76. The van der Waals surface area contributed by atoms with Gasteiger partial charge < -0.3 is 24.1 Å². The van der Waals surface area contributed by atoms with Crippen LogP contribution in [0.25, 0.3) is 0 Å². The number of rotatable bonds is 7. The number of carbonyl (C=O) groups excluding carboxylic acids is 2. The molecule has 1 aromatic carbocycles. The normalized spacial score (nSPS) is 17.9. The van der Waals surface area contributed by atoms with Crippen molar-refractivity contribution >= 4 is 21.9 Å². The molecule has 1 saturated heterocycles. The number of benzene rings is 1. The van der Waals surface area contributed by atoms with E-state index in [1.807, 2.05) is 12.1 Å². The third-order valence-corrected chi connectivity index (χ3v) is 8.69. The van der Waals surface area contributed by atoms with E-state index in [2.05, 4.69) is 5.32 Å². The number of carbonyl (C=O) groups is 2. The number of nitrogens with zero attached hydrogens (tertiary/aromatic N) is 2. The standard InChI is InChI=1S/C24H31N3O7S/c1-5-32-24(29)21-15(2)26(4)16(3)22(21)35(30,31)27-10-6-7-18(13-27)23(28)25-12-17-8-9-19-20(11-17)34-14-33-19/h8-9,11,18H,5-7,10,12-14H2,1-4H3,(H,25,28). The highest BCUT2D eigenvalue weighted by atomic mass is 32.2. The SMILES string of the molecule is CCOC(=O)c1c(S(=O)(=O)N2CCCC(C(=O)NCc3ccc4c(c3)OCO4)C2)c(C)n(C)c1C. The fourth-order valence-electron chi connectivity index (χ4n) is 4.56. The molecule has 0 aliphatic carbocycles. The Morgan fingerprint density at radius 3 is 2.66 bits per heavy atom. The van der Waals surface area contributed by atoms with Crippen molar-refractivity contribution in [2.75, 3.05) is 26.5 Å². The highest BCUT2D eigenvalue weighted by molar-refractivity contribution is 7.89. The summed E-state index contributed by atoms with van der Waals surface area (Å²) in [7, 11) is -2.31. The number of piperidine rings is 1. The first-order valence-corrected chi connectivity index (χ1v) is 13.1. The van der Waals surface area contributed by atoms with E-state index in [-0.39, 0.29) is 42.9 Å². The maximum absolute atomic E-state index is 13.7. The Kier molecular flexibility index (Phi) is 7.09. The summed E-state index contributed by atoms with van der Waals surface area (Å²) in [5.41, 5.74) is 1.90. The summed E-state index contributed by atoms with van der Waals surface area (Å²) in [6.45, 7) is 5.98. The van der Waals surface area contributed by atoms with E-state index >= 15 is 0 Å². The van der Waals surface area contributed by atoms with Crippen molar-refractivity contribution in [3.05, 3.63) is 40.7 Å². The van der Waals surface area contributed by atoms with E-state index < -0.39 is 21.9 Å². The Morgan fingerprint density at radius 1 is 1.17 bits per heavy atom. The molecular formula is C24H31N3O7S. The minimum atomic E-state index is -4.03. The Balaban J connectivity index is 1.50. The smallest absolute Gasteiger partial charge is 0.341 e. The fraction of sp³-hybridized carbons (Fsp3) is 0.500. The Hall–Kier alpha value is -3.05. The molecule has 0 saturated carbocycles. The predicted molar refractivity (Wildman–Crippen MR) is 127 cm³/mol. The van der Waals surface area contributed by atoms with E-state index in [0.29, 0.717) is 42.3 Å². The van der Waals surface area contributed by atoms with Gasteiger partial charge in [0, 0.05) is 38.1 Å². The molecule has 1 amide bonds. The molecule has 3 heterocycles. The van der Waals surface area contributed by atoms with Gasteiger partial charge in [0.15, 0.2) is 11.5 Å². The molecule has 1 N–H and O–H groups in total. The Bertz CT molecular complexity index is 1250. The lowest BCUT2D eigenvalue weighted by atomic mass is 9.98.